The van der Waals surface area contributed by atoms with Crippen molar-refractivity contribution in [2.75, 3.05) is 6.61 Å². The van der Waals surface area contributed by atoms with Gasteiger partial charge in [0, 0.05) is 10.9 Å². The fourth-order valence-corrected chi connectivity index (χ4v) is 0.841. The first kappa shape index (κ1) is 11.8. The first-order valence-corrected chi connectivity index (χ1v) is 4.47. The Morgan fingerprint density at radius 3 is 3.00 bits per heavy atom. The molecule has 12 heavy (non-hydrogen) atoms. The van der Waals surface area contributed by atoms with Gasteiger partial charge >= 0.3 is 0 Å². The molecule has 0 amide bonds. The maximum absolute atomic E-state index is 9.26. The van der Waals surface area contributed by atoms with E-state index in [0.717, 1.165) is 25.0 Å². The van der Waals surface area contributed by atoms with Crippen LogP contribution in [0.4, 0.5) is 0 Å². The van der Waals surface area contributed by atoms with E-state index in [4.69, 9.17) is 4.52 Å². The molecule has 0 aromatic heterocycles. The van der Waals surface area contributed by atoms with Crippen molar-refractivity contribution >= 4 is 9.47 Å². The van der Waals surface area contributed by atoms with Gasteiger partial charge in [-0.3, -0.25) is 0 Å². The maximum Gasteiger partial charge on any atom is 0.0926 e. The molecule has 3 heteroatoms. The highest BCUT2D eigenvalue weighted by Crippen LogP contribution is 2.01. The fourth-order valence-electron chi connectivity index (χ4n) is 0.674. The van der Waals surface area contributed by atoms with E-state index in [0.29, 0.717) is 0 Å². The Morgan fingerprint density at radius 1 is 1.83 bits per heavy atom. The SMILES string of the molecule is C=C(C)C(O)/C=C/CCCOP.[3HH]. The van der Waals surface area contributed by atoms with Crippen molar-refractivity contribution in [3.05, 3.63) is 24.3 Å². The molecule has 1 N–H and O–H groups in total. The molecule has 2 atom stereocenters. The monoisotopic (exact) mass is 192 g/mol. The van der Waals surface area contributed by atoms with Gasteiger partial charge in [-0.05, 0) is 25.3 Å². The molecule has 0 aromatic carbocycles. The van der Waals surface area contributed by atoms with Crippen molar-refractivity contribution in [1.29, 1.82) is 0 Å². The van der Waals surface area contributed by atoms with E-state index in [2.05, 4.69) is 16.0 Å². The molecule has 0 aliphatic carbocycles. The number of rotatable bonds is 6. The van der Waals surface area contributed by atoms with E-state index in [9.17, 15) is 5.11 Å². The minimum absolute atomic E-state index is 0. The van der Waals surface area contributed by atoms with Gasteiger partial charge in [-0.2, -0.15) is 0 Å². The molecule has 0 aliphatic heterocycles. The zero-order valence-electron chi connectivity index (χ0n) is 7.49. The molecular formula is C9H19O2P. The molecule has 0 aromatic rings. The van der Waals surface area contributed by atoms with Gasteiger partial charge in [0.15, 0.2) is 0 Å². The van der Waals surface area contributed by atoms with Crippen molar-refractivity contribution in [1.82, 2.24) is 0 Å². The van der Waals surface area contributed by atoms with Gasteiger partial charge in [-0.15, -0.1) is 0 Å². The van der Waals surface area contributed by atoms with Gasteiger partial charge < -0.3 is 9.63 Å². The fraction of sp³-hybridized carbons (Fsp3) is 0.556. The van der Waals surface area contributed by atoms with Crippen molar-refractivity contribution in [3.8, 4) is 0 Å². The number of allylic oxidation sites excluding steroid dienone is 1. The van der Waals surface area contributed by atoms with Crippen LogP contribution in [0.2, 0.25) is 0 Å². The molecule has 0 fully saturated rings. The van der Waals surface area contributed by atoms with E-state index in [1.807, 2.05) is 6.08 Å². The Morgan fingerprint density at radius 2 is 2.50 bits per heavy atom. The summed E-state index contributed by atoms with van der Waals surface area (Å²) >= 11 is 0. The summed E-state index contributed by atoms with van der Waals surface area (Å²) in [4.78, 5) is 0. The minimum Gasteiger partial charge on any atom is -0.385 e. The minimum atomic E-state index is -0.498. The second-order valence-electron chi connectivity index (χ2n) is 2.73. The van der Waals surface area contributed by atoms with Crippen LogP contribution in [-0.4, -0.2) is 17.8 Å². The maximum atomic E-state index is 9.26. The summed E-state index contributed by atoms with van der Waals surface area (Å²) in [5, 5.41) is 9.26. The van der Waals surface area contributed by atoms with Crippen LogP contribution in [-0.2, 0) is 4.52 Å². The average molecular weight is 192 g/mol. The van der Waals surface area contributed by atoms with E-state index < -0.39 is 6.10 Å². The average Bonchev–Trinajstić information content (AvgIpc) is 2.03. The summed E-state index contributed by atoms with van der Waals surface area (Å²) in [5.74, 6) is 0. The lowest BCUT2D eigenvalue weighted by atomic mass is 10.1. The molecule has 72 valence electrons. The van der Waals surface area contributed by atoms with Crippen molar-refractivity contribution < 1.29 is 11.1 Å². The third-order valence-electron chi connectivity index (χ3n) is 1.46. The van der Waals surface area contributed by atoms with E-state index >= 15 is 0 Å². The Hall–Kier alpha value is -0.170. The second-order valence-corrected chi connectivity index (χ2v) is 3.07. The molecule has 0 saturated carbocycles. The third kappa shape index (κ3) is 6.53. The van der Waals surface area contributed by atoms with Gasteiger partial charge in [-0.25, -0.2) is 0 Å². The summed E-state index contributed by atoms with van der Waals surface area (Å²) in [6, 6.07) is 0. The molecule has 0 spiro atoms. The summed E-state index contributed by atoms with van der Waals surface area (Å²) in [5.41, 5.74) is 0.772. The van der Waals surface area contributed by atoms with Crippen LogP contribution in [0, 0.1) is 0 Å². The van der Waals surface area contributed by atoms with Crippen LogP contribution in [0.3, 0.4) is 0 Å². The number of hydrogen-bond donors (Lipinski definition) is 1. The Labute approximate surface area is 78.1 Å². The zero-order chi connectivity index (χ0) is 9.40. The number of aliphatic hydroxyl groups is 1. The molecule has 2 nitrogen and oxygen atoms in total. The quantitative estimate of drug-likeness (QED) is 0.397. The molecule has 0 bridgehead atoms. The Bertz CT molecular complexity index is 160. The normalized spacial score (nSPS) is 13.6. The van der Waals surface area contributed by atoms with Crippen LogP contribution in [0.5, 0.6) is 0 Å². The standard InChI is InChI=1S/C9H17O2P.H2/c1-8(2)9(10)6-4-3-5-7-11-12;/h4,6,9-10H,1,3,5,7,12H2,2H3;1H/b6-4+;/i;1+2. The predicted molar refractivity (Wildman–Crippen MR) is 57.0 cm³/mol. The van der Waals surface area contributed by atoms with Gasteiger partial charge in [0.05, 0.1) is 12.7 Å². The molecule has 0 aliphatic rings. The van der Waals surface area contributed by atoms with Crippen molar-refractivity contribution in [2.45, 2.75) is 25.9 Å². The smallest absolute Gasteiger partial charge is 0.0926 e. The Kier molecular flexibility index (Phi) is 7.37. The lowest BCUT2D eigenvalue weighted by Gasteiger charge is -2.02. The largest absolute Gasteiger partial charge is 0.385 e. The molecule has 0 saturated heterocycles. The van der Waals surface area contributed by atoms with Gasteiger partial charge in [-0.1, -0.05) is 18.7 Å². The van der Waals surface area contributed by atoms with Gasteiger partial charge in [0.1, 0.15) is 0 Å². The van der Waals surface area contributed by atoms with Crippen molar-refractivity contribution in [2.24, 2.45) is 0 Å². The third-order valence-corrected chi connectivity index (χ3v) is 1.69. The van der Waals surface area contributed by atoms with Crippen LogP contribution in [0.25, 0.3) is 0 Å². The summed E-state index contributed by atoms with van der Waals surface area (Å²) in [6.45, 7) is 6.18. The van der Waals surface area contributed by atoms with Gasteiger partial charge in [0.2, 0.25) is 0 Å². The molecular weight excluding hydrogens is 171 g/mol. The van der Waals surface area contributed by atoms with E-state index in [1.54, 1.807) is 13.0 Å². The highest BCUT2D eigenvalue weighted by Gasteiger charge is 1.96. The van der Waals surface area contributed by atoms with Crippen LogP contribution >= 0.6 is 9.47 Å². The molecule has 2 unspecified atom stereocenters. The number of hydrogen-bond acceptors (Lipinski definition) is 2. The summed E-state index contributed by atoms with van der Waals surface area (Å²) in [7, 11) is 2.21. The van der Waals surface area contributed by atoms with Crippen LogP contribution in [0.15, 0.2) is 24.3 Å². The summed E-state index contributed by atoms with van der Waals surface area (Å²) in [6.07, 6.45) is 5.11. The Balaban J connectivity index is 0. The lowest BCUT2D eigenvalue weighted by molar-refractivity contribution is 0.259. The van der Waals surface area contributed by atoms with Crippen molar-refractivity contribution in [3.63, 3.8) is 0 Å². The first-order chi connectivity index (χ1) is 5.68. The van der Waals surface area contributed by atoms with Crippen LogP contribution in [0.1, 0.15) is 21.2 Å². The predicted octanol–water partition coefficient (Wildman–Crippen LogP) is 2.31. The number of aliphatic hydroxyl groups excluding tert-OH is 1. The number of unbranched alkanes of at least 4 members (excludes halogenated alkanes) is 1. The molecule has 0 rings (SSSR count). The van der Waals surface area contributed by atoms with Crippen LogP contribution < -0.4 is 0 Å². The second kappa shape index (κ2) is 7.48. The lowest BCUT2D eigenvalue weighted by Crippen LogP contribution is -2.01. The molecule has 0 heterocycles. The molecule has 0 radical (unpaired) electrons. The van der Waals surface area contributed by atoms with E-state index in [-0.39, 0.29) is 1.43 Å². The highest BCUT2D eigenvalue weighted by atomic mass is 31.0. The van der Waals surface area contributed by atoms with Gasteiger partial charge in [0.25, 0.3) is 0 Å². The topological polar surface area (TPSA) is 29.5 Å². The summed E-state index contributed by atoms with van der Waals surface area (Å²) < 4.78 is 4.80. The first-order valence-electron chi connectivity index (χ1n) is 4.00. The van der Waals surface area contributed by atoms with E-state index in [1.165, 1.54) is 0 Å². The zero-order valence-corrected chi connectivity index (χ0v) is 8.65. The highest BCUT2D eigenvalue weighted by molar-refractivity contribution is 7.09.